The third-order valence-electron chi connectivity index (χ3n) is 4.05. The molecule has 1 fully saturated rings. The van der Waals surface area contributed by atoms with E-state index in [0.29, 0.717) is 5.92 Å². The van der Waals surface area contributed by atoms with Gasteiger partial charge in [-0.1, -0.05) is 35.5 Å². The van der Waals surface area contributed by atoms with Crippen molar-refractivity contribution in [1.29, 1.82) is 0 Å². The lowest BCUT2D eigenvalue weighted by molar-refractivity contribution is -0.0504. The monoisotopic (exact) mass is 229 g/mol. The number of nitrogens with zero attached hydrogens (tertiary/aromatic N) is 1. The van der Waals surface area contributed by atoms with Crippen LogP contribution in [0, 0.1) is 0 Å². The average molecular weight is 229 g/mol. The van der Waals surface area contributed by atoms with Gasteiger partial charge in [-0.2, -0.15) is 0 Å². The second-order valence-electron chi connectivity index (χ2n) is 5.48. The van der Waals surface area contributed by atoms with Crippen molar-refractivity contribution in [3.8, 4) is 0 Å². The summed E-state index contributed by atoms with van der Waals surface area (Å²) in [7, 11) is 0. The van der Waals surface area contributed by atoms with Gasteiger partial charge in [-0.3, -0.25) is 0 Å². The lowest BCUT2D eigenvalue weighted by atomic mass is 9.73. The highest BCUT2D eigenvalue weighted by Gasteiger charge is 2.42. The molecule has 0 bridgehead atoms. The Morgan fingerprint density at radius 1 is 1.29 bits per heavy atom. The zero-order chi connectivity index (χ0) is 11.7. The maximum Gasteiger partial charge on any atom is 0.143 e. The molecule has 2 nitrogen and oxygen atoms in total. The number of hydrogen-bond donors (Lipinski definition) is 0. The number of rotatable bonds is 1. The van der Waals surface area contributed by atoms with Crippen molar-refractivity contribution in [2.75, 3.05) is 0 Å². The summed E-state index contributed by atoms with van der Waals surface area (Å²) in [5.41, 5.74) is 2.63. The maximum atomic E-state index is 5.73. The van der Waals surface area contributed by atoms with Gasteiger partial charge in [-0.25, -0.2) is 0 Å². The normalized spacial score (nSPS) is 32.3. The number of benzene rings is 1. The Hall–Kier alpha value is -1.31. The summed E-state index contributed by atoms with van der Waals surface area (Å²) in [6, 6.07) is 10.8. The van der Waals surface area contributed by atoms with Crippen LogP contribution >= 0.6 is 0 Å². The first-order valence-electron chi connectivity index (χ1n) is 6.54. The Labute approximate surface area is 103 Å². The standard InChI is InChI=1S/C15H19NO/c1-12-10-15(17-16-12)9-5-8-14(11-15)13-6-3-2-4-7-13/h2-4,6-7,14H,5,8-11H2,1H3. The molecule has 0 amide bonds. The van der Waals surface area contributed by atoms with Gasteiger partial charge in [-0.05, 0) is 44.1 Å². The van der Waals surface area contributed by atoms with Crippen LogP contribution in [0.4, 0.5) is 0 Å². The van der Waals surface area contributed by atoms with Gasteiger partial charge in [0.2, 0.25) is 0 Å². The summed E-state index contributed by atoms with van der Waals surface area (Å²) in [6.07, 6.45) is 5.85. The smallest absolute Gasteiger partial charge is 0.143 e. The third-order valence-corrected chi connectivity index (χ3v) is 4.05. The molecule has 2 aliphatic rings. The molecule has 17 heavy (non-hydrogen) atoms. The van der Waals surface area contributed by atoms with Crippen molar-refractivity contribution in [1.82, 2.24) is 0 Å². The molecule has 90 valence electrons. The average Bonchev–Trinajstić information content (AvgIpc) is 2.71. The van der Waals surface area contributed by atoms with E-state index in [1.54, 1.807) is 0 Å². The Morgan fingerprint density at radius 2 is 2.12 bits per heavy atom. The minimum Gasteiger partial charge on any atom is -0.389 e. The first kappa shape index (κ1) is 10.8. The summed E-state index contributed by atoms with van der Waals surface area (Å²) in [6.45, 7) is 2.07. The molecule has 1 aliphatic heterocycles. The Balaban J connectivity index is 1.77. The summed E-state index contributed by atoms with van der Waals surface area (Å²) < 4.78 is 0. The van der Waals surface area contributed by atoms with Gasteiger partial charge < -0.3 is 4.84 Å². The highest BCUT2D eigenvalue weighted by atomic mass is 16.7. The molecule has 3 rings (SSSR count). The molecule has 1 spiro atoms. The van der Waals surface area contributed by atoms with Crippen LogP contribution in [-0.4, -0.2) is 11.3 Å². The van der Waals surface area contributed by atoms with Crippen molar-refractivity contribution in [2.45, 2.75) is 50.5 Å². The fourth-order valence-electron chi connectivity index (χ4n) is 3.28. The third kappa shape index (κ3) is 2.08. The first-order chi connectivity index (χ1) is 8.27. The fraction of sp³-hybridized carbons (Fsp3) is 0.533. The molecule has 1 aromatic rings. The van der Waals surface area contributed by atoms with Crippen LogP contribution in [0.25, 0.3) is 0 Å². The largest absolute Gasteiger partial charge is 0.389 e. The van der Waals surface area contributed by atoms with Gasteiger partial charge in [0.15, 0.2) is 0 Å². The summed E-state index contributed by atoms with van der Waals surface area (Å²) in [5.74, 6) is 0.644. The lowest BCUT2D eigenvalue weighted by Crippen LogP contribution is -2.34. The van der Waals surface area contributed by atoms with Crippen molar-refractivity contribution in [2.24, 2.45) is 5.16 Å². The van der Waals surface area contributed by atoms with Crippen LogP contribution in [0.2, 0.25) is 0 Å². The minimum atomic E-state index is 0.0167. The highest BCUT2D eigenvalue weighted by Crippen LogP contribution is 2.44. The second kappa shape index (κ2) is 4.17. The summed E-state index contributed by atoms with van der Waals surface area (Å²) in [4.78, 5) is 5.73. The minimum absolute atomic E-state index is 0.0167. The molecule has 2 unspecified atom stereocenters. The topological polar surface area (TPSA) is 21.6 Å². The molecular weight excluding hydrogens is 210 g/mol. The molecule has 2 heteroatoms. The molecule has 1 saturated carbocycles. The van der Waals surface area contributed by atoms with Gasteiger partial charge in [0.1, 0.15) is 5.60 Å². The van der Waals surface area contributed by atoms with E-state index in [9.17, 15) is 0 Å². The van der Waals surface area contributed by atoms with Crippen LogP contribution < -0.4 is 0 Å². The van der Waals surface area contributed by atoms with Crippen molar-refractivity contribution in [3.05, 3.63) is 35.9 Å². The fourth-order valence-corrected chi connectivity index (χ4v) is 3.28. The van der Waals surface area contributed by atoms with E-state index in [1.807, 2.05) is 0 Å². The van der Waals surface area contributed by atoms with Crippen LogP contribution in [0.1, 0.15) is 50.5 Å². The molecule has 0 radical (unpaired) electrons. The summed E-state index contributed by atoms with van der Waals surface area (Å²) in [5, 5.41) is 4.16. The van der Waals surface area contributed by atoms with Gasteiger partial charge in [0, 0.05) is 6.42 Å². The Bertz CT molecular complexity index is 426. The van der Waals surface area contributed by atoms with Crippen molar-refractivity contribution < 1.29 is 4.84 Å². The number of hydrogen-bond acceptors (Lipinski definition) is 2. The zero-order valence-corrected chi connectivity index (χ0v) is 10.4. The van der Waals surface area contributed by atoms with Gasteiger partial charge in [0.25, 0.3) is 0 Å². The predicted octanol–water partition coefficient (Wildman–Crippen LogP) is 3.88. The van der Waals surface area contributed by atoms with Crippen LogP contribution in [-0.2, 0) is 4.84 Å². The van der Waals surface area contributed by atoms with E-state index < -0.39 is 0 Å². The van der Waals surface area contributed by atoms with Gasteiger partial charge >= 0.3 is 0 Å². The molecule has 0 aromatic heterocycles. The van der Waals surface area contributed by atoms with E-state index in [2.05, 4.69) is 42.4 Å². The first-order valence-corrected chi connectivity index (χ1v) is 6.54. The molecule has 0 N–H and O–H groups in total. The molecule has 2 atom stereocenters. The van der Waals surface area contributed by atoms with Gasteiger partial charge in [0.05, 0.1) is 5.71 Å². The molecule has 1 aromatic carbocycles. The van der Waals surface area contributed by atoms with E-state index in [1.165, 1.54) is 18.4 Å². The molecule has 1 heterocycles. The molecule has 0 saturated heterocycles. The Morgan fingerprint density at radius 3 is 2.82 bits per heavy atom. The van der Waals surface area contributed by atoms with E-state index in [0.717, 1.165) is 25.0 Å². The van der Waals surface area contributed by atoms with E-state index >= 15 is 0 Å². The van der Waals surface area contributed by atoms with Crippen molar-refractivity contribution in [3.63, 3.8) is 0 Å². The maximum absolute atomic E-state index is 5.73. The van der Waals surface area contributed by atoms with Crippen LogP contribution in [0.5, 0.6) is 0 Å². The SMILES string of the molecule is CC1=NOC2(CCCC(c3ccccc3)C2)C1. The van der Waals surface area contributed by atoms with Crippen molar-refractivity contribution >= 4 is 5.71 Å². The van der Waals surface area contributed by atoms with Crippen LogP contribution in [0.15, 0.2) is 35.5 Å². The summed E-state index contributed by atoms with van der Waals surface area (Å²) >= 11 is 0. The second-order valence-corrected chi connectivity index (χ2v) is 5.48. The predicted molar refractivity (Wildman–Crippen MR) is 69.2 cm³/mol. The Kier molecular flexibility index (Phi) is 2.65. The van der Waals surface area contributed by atoms with Gasteiger partial charge in [-0.15, -0.1) is 0 Å². The zero-order valence-electron chi connectivity index (χ0n) is 10.4. The van der Waals surface area contributed by atoms with E-state index in [-0.39, 0.29) is 5.60 Å². The molecular formula is C15H19NO. The lowest BCUT2D eigenvalue weighted by Gasteiger charge is -2.36. The number of oxime groups is 1. The van der Waals surface area contributed by atoms with Crippen LogP contribution in [0.3, 0.4) is 0 Å². The highest BCUT2D eigenvalue weighted by molar-refractivity contribution is 5.83. The molecule has 1 aliphatic carbocycles. The quantitative estimate of drug-likeness (QED) is 0.716. The van der Waals surface area contributed by atoms with E-state index in [4.69, 9.17) is 4.84 Å².